The van der Waals surface area contributed by atoms with E-state index in [9.17, 15) is 20.4 Å². The molecule has 2 heterocycles. The van der Waals surface area contributed by atoms with Crippen LogP contribution in [0.3, 0.4) is 0 Å². The SMILES string of the molecule is [Co+2].[O-]/C(=N\N=C\c1ccc(Cl)cc1Cl)c1ccccc1O.[O-]/C(=N\N=C\c1ccc(Cl)cc1Cl)c1ccccc1O.c1ccncc1.c1ccncc1. The summed E-state index contributed by atoms with van der Waals surface area (Å²) in [5.74, 6) is -1.55. The van der Waals surface area contributed by atoms with Gasteiger partial charge in [0.15, 0.2) is 0 Å². The van der Waals surface area contributed by atoms with E-state index in [1.807, 2.05) is 36.4 Å². The number of nitrogens with zero attached hydrogens (tertiary/aromatic N) is 6. The van der Waals surface area contributed by atoms with Crippen molar-refractivity contribution in [2.45, 2.75) is 0 Å². The number of pyridine rings is 2. The van der Waals surface area contributed by atoms with Crippen molar-refractivity contribution >= 4 is 70.6 Å². The van der Waals surface area contributed by atoms with E-state index in [-0.39, 0.29) is 39.4 Å². The molecule has 271 valence electrons. The van der Waals surface area contributed by atoms with Crippen LogP contribution in [0, 0.1) is 0 Å². The van der Waals surface area contributed by atoms with Crippen molar-refractivity contribution in [2.24, 2.45) is 20.4 Å². The molecule has 0 atom stereocenters. The van der Waals surface area contributed by atoms with Gasteiger partial charge in [-0.3, -0.25) is 9.97 Å². The molecule has 0 aliphatic heterocycles. The van der Waals surface area contributed by atoms with E-state index in [0.29, 0.717) is 31.2 Å². The third kappa shape index (κ3) is 16.7. The molecule has 2 N–H and O–H groups in total. The van der Waals surface area contributed by atoms with E-state index in [2.05, 4.69) is 30.4 Å². The van der Waals surface area contributed by atoms with E-state index in [4.69, 9.17) is 46.4 Å². The van der Waals surface area contributed by atoms with Gasteiger partial charge >= 0.3 is 16.8 Å². The average molecular weight is 833 g/mol. The maximum atomic E-state index is 11.7. The van der Waals surface area contributed by atoms with Gasteiger partial charge in [0.25, 0.3) is 0 Å². The Morgan fingerprint density at radius 3 is 1.15 bits per heavy atom. The third-order valence-electron chi connectivity index (χ3n) is 6.02. The summed E-state index contributed by atoms with van der Waals surface area (Å²) in [5, 5.41) is 58.6. The molecule has 0 saturated heterocycles. The minimum atomic E-state index is -0.635. The quantitative estimate of drug-likeness (QED) is 0.0988. The molecule has 6 aromatic rings. The number of hydrogen-bond acceptors (Lipinski definition) is 10. The number of halogens is 4. The van der Waals surface area contributed by atoms with Gasteiger partial charge in [0.05, 0.1) is 22.5 Å². The van der Waals surface area contributed by atoms with Crippen molar-refractivity contribution in [3.05, 3.63) is 188 Å². The number of aromatic hydroxyl groups is 2. The largest absolute Gasteiger partial charge is 2.00 e. The molecular formula is C38H28Cl4CoN6O4. The van der Waals surface area contributed by atoms with Gasteiger partial charge in [-0.2, -0.15) is 20.4 Å². The number of phenolic OH excluding ortho intramolecular Hbond substituents is 2. The van der Waals surface area contributed by atoms with Gasteiger partial charge in [0, 0.05) is 68.9 Å². The fourth-order valence-corrected chi connectivity index (χ4v) is 4.46. The summed E-state index contributed by atoms with van der Waals surface area (Å²) in [6, 6.07) is 33.4. The molecular weight excluding hydrogens is 805 g/mol. The second-order valence-corrected chi connectivity index (χ2v) is 11.4. The Hall–Kier alpha value is -5.27. The first-order chi connectivity index (χ1) is 25.2. The zero-order valence-corrected chi connectivity index (χ0v) is 31.3. The summed E-state index contributed by atoms with van der Waals surface area (Å²) in [6.45, 7) is 0. The van der Waals surface area contributed by atoms with Crippen LogP contribution >= 0.6 is 46.4 Å². The molecule has 0 amide bonds. The van der Waals surface area contributed by atoms with Crippen LogP contribution in [0.15, 0.2) is 167 Å². The van der Waals surface area contributed by atoms with Crippen molar-refractivity contribution in [3.8, 4) is 11.5 Å². The van der Waals surface area contributed by atoms with Gasteiger partial charge in [-0.25, -0.2) is 0 Å². The summed E-state index contributed by atoms with van der Waals surface area (Å²) in [5.41, 5.74) is 1.36. The maximum Gasteiger partial charge on any atom is 2.00 e. The molecule has 4 aromatic carbocycles. The molecule has 0 spiro atoms. The summed E-state index contributed by atoms with van der Waals surface area (Å²) in [4.78, 5) is 7.57. The standard InChI is InChI=1S/2C14H10Cl2N2O2.2C5H5N.Co/c2*15-10-6-5-9(12(16)7-10)8-17-18-14(20)11-3-1-2-4-13(11)19;2*1-2-4-6-5-3-1;/h2*1-8,19H,(H,18,20);2*1-5H;/q;;;;+2/p-2/b2*17-8+;;;. The fraction of sp³-hybridized carbons (Fsp3) is 0. The number of benzene rings is 4. The van der Waals surface area contributed by atoms with Crippen LogP contribution in [-0.4, -0.2) is 44.4 Å². The first-order valence-electron chi connectivity index (χ1n) is 14.9. The van der Waals surface area contributed by atoms with Gasteiger partial charge in [-0.05, 0) is 60.7 Å². The molecule has 0 unspecified atom stereocenters. The molecule has 2 aromatic heterocycles. The Kier molecular flexibility index (Phi) is 20.6. The molecule has 0 fully saturated rings. The van der Waals surface area contributed by atoms with Crippen molar-refractivity contribution in [1.82, 2.24) is 9.97 Å². The Labute approximate surface area is 336 Å². The van der Waals surface area contributed by atoms with Crippen LogP contribution in [0.4, 0.5) is 0 Å². The number of rotatable bonds is 6. The fourth-order valence-electron chi connectivity index (χ4n) is 3.54. The summed E-state index contributed by atoms with van der Waals surface area (Å²) in [7, 11) is 0. The average Bonchev–Trinajstić information content (AvgIpc) is 3.16. The molecule has 10 nitrogen and oxygen atoms in total. The Bertz CT molecular complexity index is 1900. The van der Waals surface area contributed by atoms with Crippen LogP contribution in [0.5, 0.6) is 11.5 Å². The van der Waals surface area contributed by atoms with Crippen LogP contribution in [0.2, 0.25) is 20.1 Å². The molecule has 1 radical (unpaired) electrons. The second-order valence-electron chi connectivity index (χ2n) is 9.71. The molecule has 15 heteroatoms. The summed E-state index contributed by atoms with van der Waals surface area (Å²) < 4.78 is 0. The van der Waals surface area contributed by atoms with E-state index in [1.165, 1.54) is 36.7 Å². The van der Waals surface area contributed by atoms with Crippen molar-refractivity contribution in [2.75, 3.05) is 0 Å². The number of hydrogen-bond donors (Lipinski definition) is 2. The van der Waals surface area contributed by atoms with E-state index in [1.54, 1.807) is 85.5 Å². The van der Waals surface area contributed by atoms with Crippen LogP contribution in [0.25, 0.3) is 0 Å². The molecule has 0 aliphatic carbocycles. The van der Waals surface area contributed by atoms with Crippen LogP contribution in [-0.2, 0) is 16.8 Å². The van der Waals surface area contributed by atoms with E-state index in [0.717, 1.165) is 0 Å². The van der Waals surface area contributed by atoms with Gasteiger partial charge in [0.2, 0.25) is 0 Å². The van der Waals surface area contributed by atoms with Crippen LogP contribution in [0.1, 0.15) is 22.3 Å². The zero-order valence-electron chi connectivity index (χ0n) is 27.3. The van der Waals surface area contributed by atoms with Crippen molar-refractivity contribution in [3.63, 3.8) is 0 Å². The molecule has 6 rings (SSSR count). The van der Waals surface area contributed by atoms with Crippen molar-refractivity contribution in [1.29, 1.82) is 0 Å². The first-order valence-corrected chi connectivity index (χ1v) is 16.4. The molecule has 0 bridgehead atoms. The zero-order chi connectivity index (χ0) is 37.6. The van der Waals surface area contributed by atoms with Gasteiger partial charge in [-0.15, -0.1) is 0 Å². The van der Waals surface area contributed by atoms with E-state index >= 15 is 0 Å². The van der Waals surface area contributed by atoms with E-state index < -0.39 is 11.8 Å². The van der Waals surface area contributed by atoms with Gasteiger partial charge in [0.1, 0.15) is 11.5 Å². The maximum absolute atomic E-state index is 11.7. The minimum Gasteiger partial charge on any atom is -0.857 e. The van der Waals surface area contributed by atoms with Gasteiger partial charge < -0.3 is 20.4 Å². The molecule has 53 heavy (non-hydrogen) atoms. The predicted molar refractivity (Wildman–Crippen MR) is 206 cm³/mol. The second kappa shape index (κ2) is 24.8. The number of para-hydroxylation sites is 2. The Morgan fingerprint density at radius 2 is 0.868 bits per heavy atom. The first kappa shape index (κ1) is 43.9. The Balaban J connectivity index is 0.000000275. The van der Waals surface area contributed by atoms with Gasteiger partial charge in [-0.1, -0.05) is 107 Å². The Morgan fingerprint density at radius 1 is 0.509 bits per heavy atom. The molecule has 0 aliphatic rings. The summed E-state index contributed by atoms with van der Waals surface area (Å²) in [6.07, 6.45) is 9.69. The normalized spacial score (nSPS) is 10.9. The van der Waals surface area contributed by atoms with Crippen LogP contribution < -0.4 is 10.2 Å². The topological polar surface area (TPSA) is 162 Å². The smallest absolute Gasteiger partial charge is 0.857 e. The molecule has 0 saturated carbocycles. The minimum absolute atomic E-state index is 0. The number of aromatic nitrogens is 2. The summed E-state index contributed by atoms with van der Waals surface area (Å²) >= 11 is 23.4. The monoisotopic (exact) mass is 831 g/mol. The predicted octanol–water partition coefficient (Wildman–Crippen LogP) is 7.84. The third-order valence-corrected chi connectivity index (χ3v) is 7.14. The van der Waals surface area contributed by atoms with Crippen molar-refractivity contribution < 1.29 is 37.2 Å². The number of phenols is 2.